The highest BCUT2D eigenvalue weighted by molar-refractivity contribution is 5.95. The number of ether oxygens (including phenoxy) is 1. The van der Waals surface area contributed by atoms with E-state index in [2.05, 4.69) is 5.32 Å². The molecule has 0 aromatic heterocycles. The van der Waals surface area contributed by atoms with Crippen molar-refractivity contribution in [3.8, 4) is 5.75 Å². The van der Waals surface area contributed by atoms with Crippen molar-refractivity contribution in [2.24, 2.45) is 0 Å². The molecule has 0 heterocycles. The third-order valence-electron chi connectivity index (χ3n) is 3.43. The highest BCUT2D eigenvalue weighted by Crippen LogP contribution is 2.27. The van der Waals surface area contributed by atoms with E-state index in [0.717, 1.165) is 18.2 Å². The Bertz CT molecular complexity index is 796. The van der Waals surface area contributed by atoms with E-state index < -0.39 is 28.5 Å². The van der Waals surface area contributed by atoms with Gasteiger partial charge in [-0.25, -0.2) is 8.78 Å². The molecule has 0 saturated carbocycles. The summed E-state index contributed by atoms with van der Waals surface area (Å²) < 4.78 is 31.1. The minimum absolute atomic E-state index is 0.0326. The van der Waals surface area contributed by atoms with E-state index in [1.807, 2.05) is 0 Å². The molecule has 1 unspecified atom stereocenters. The van der Waals surface area contributed by atoms with Crippen LogP contribution in [0.3, 0.4) is 0 Å². The van der Waals surface area contributed by atoms with Gasteiger partial charge in [0.15, 0.2) is 17.4 Å². The third kappa shape index (κ3) is 3.65. The minimum atomic E-state index is -1.02. The van der Waals surface area contributed by atoms with Gasteiger partial charge in [-0.1, -0.05) is 6.07 Å². The first-order valence-electron chi connectivity index (χ1n) is 6.91. The Kier molecular flexibility index (Phi) is 5.08. The van der Waals surface area contributed by atoms with E-state index >= 15 is 0 Å². The number of nitrogens with one attached hydrogen (secondary N) is 1. The van der Waals surface area contributed by atoms with Crippen molar-refractivity contribution >= 4 is 11.6 Å². The van der Waals surface area contributed by atoms with Crippen LogP contribution in [0.2, 0.25) is 0 Å². The maximum absolute atomic E-state index is 13.2. The summed E-state index contributed by atoms with van der Waals surface area (Å²) in [5.74, 6) is -2.56. The number of amides is 1. The van der Waals surface area contributed by atoms with Crippen LogP contribution in [-0.4, -0.2) is 17.9 Å². The molecule has 1 amide bonds. The third-order valence-corrected chi connectivity index (χ3v) is 3.43. The van der Waals surface area contributed by atoms with Crippen LogP contribution in [0.5, 0.6) is 5.75 Å². The van der Waals surface area contributed by atoms with Crippen molar-refractivity contribution in [2.45, 2.75) is 13.0 Å². The number of methoxy groups -OCH3 is 1. The fraction of sp³-hybridized carbons (Fsp3) is 0.188. The minimum Gasteiger partial charge on any atom is -0.490 e. The first-order valence-corrected chi connectivity index (χ1v) is 6.91. The van der Waals surface area contributed by atoms with Gasteiger partial charge < -0.3 is 10.1 Å². The van der Waals surface area contributed by atoms with Gasteiger partial charge in [-0.05, 0) is 36.8 Å². The van der Waals surface area contributed by atoms with Gasteiger partial charge in [0, 0.05) is 11.6 Å². The Balaban J connectivity index is 2.21. The van der Waals surface area contributed by atoms with E-state index in [1.54, 1.807) is 6.92 Å². The molecule has 0 radical (unpaired) electrons. The van der Waals surface area contributed by atoms with Crippen LogP contribution in [0.4, 0.5) is 14.5 Å². The summed E-state index contributed by atoms with van der Waals surface area (Å²) in [4.78, 5) is 22.5. The molecular formula is C16H14F2N2O4. The summed E-state index contributed by atoms with van der Waals surface area (Å²) in [6, 6.07) is 6.46. The predicted octanol–water partition coefficient (Wildman–Crippen LogP) is 3.37. The van der Waals surface area contributed by atoms with Crippen molar-refractivity contribution < 1.29 is 23.2 Å². The molecule has 0 aliphatic heterocycles. The van der Waals surface area contributed by atoms with Crippen LogP contribution in [0.15, 0.2) is 36.4 Å². The van der Waals surface area contributed by atoms with Crippen molar-refractivity contribution in [2.75, 3.05) is 7.11 Å². The van der Waals surface area contributed by atoms with Gasteiger partial charge in [0.05, 0.1) is 18.1 Å². The topological polar surface area (TPSA) is 81.5 Å². The Morgan fingerprint density at radius 3 is 2.50 bits per heavy atom. The van der Waals surface area contributed by atoms with Gasteiger partial charge in [-0.15, -0.1) is 0 Å². The summed E-state index contributed by atoms with van der Waals surface area (Å²) in [6.07, 6.45) is 0. The second kappa shape index (κ2) is 7.03. The zero-order valence-electron chi connectivity index (χ0n) is 12.9. The molecule has 0 aliphatic rings. The average molecular weight is 336 g/mol. The molecular weight excluding hydrogens is 322 g/mol. The molecule has 6 nitrogen and oxygen atoms in total. The Morgan fingerprint density at radius 1 is 1.21 bits per heavy atom. The number of rotatable bonds is 5. The molecule has 0 aliphatic carbocycles. The van der Waals surface area contributed by atoms with Crippen molar-refractivity contribution in [3.63, 3.8) is 0 Å². The second-order valence-electron chi connectivity index (χ2n) is 5.01. The molecule has 1 N–H and O–H groups in total. The molecule has 2 rings (SSSR count). The lowest BCUT2D eigenvalue weighted by Gasteiger charge is -2.15. The smallest absolute Gasteiger partial charge is 0.311 e. The number of carbonyl (C=O) groups is 1. The number of hydrogen-bond donors (Lipinski definition) is 1. The lowest BCUT2D eigenvalue weighted by Crippen LogP contribution is -2.26. The van der Waals surface area contributed by atoms with Crippen LogP contribution in [0.25, 0.3) is 0 Å². The summed E-state index contributed by atoms with van der Waals surface area (Å²) in [5, 5.41) is 13.6. The molecule has 0 bridgehead atoms. The Morgan fingerprint density at radius 2 is 1.92 bits per heavy atom. The number of benzene rings is 2. The fourth-order valence-corrected chi connectivity index (χ4v) is 2.12. The summed E-state index contributed by atoms with van der Waals surface area (Å²) in [5.41, 5.74) is 0.0767. The lowest BCUT2D eigenvalue weighted by molar-refractivity contribution is -0.385. The first kappa shape index (κ1) is 17.3. The van der Waals surface area contributed by atoms with Crippen molar-refractivity contribution in [3.05, 3.63) is 69.3 Å². The maximum atomic E-state index is 13.2. The number of nitrogens with zero attached hydrogens (tertiary/aromatic N) is 1. The second-order valence-corrected chi connectivity index (χ2v) is 5.01. The normalized spacial score (nSPS) is 11.7. The predicted molar refractivity (Wildman–Crippen MR) is 81.9 cm³/mol. The SMILES string of the molecule is COc1ccc(C(=O)NC(C)c2ccc(F)c(F)c2)cc1[N+](=O)[O-]. The van der Waals surface area contributed by atoms with Crippen LogP contribution in [0.1, 0.15) is 28.9 Å². The van der Waals surface area contributed by atoms with Gasteiger partial charge in [-0.3, -0.25) is 14.9 Å². The van der Waals surface area contributed by atoms with E-state index in [4.69, 9.17) is 4.74 Å². The van der Waals surface area contributed by atoms with Crippen LogP contribution in [0, 0.1) is 21.7 Å². The van der Waals surface area contributed by atoms with Crippen LogP contribution >= 0.6 is 0 Å². The molecule has 126 valence electrons. The van der Waals surface area contributed by atoms with Gasteiger partial charge in [-0.2, -0.15) is 0 Å². The van der Waals surface area contributed by atoms with Crippen molar-refractivity contribution in [1.29, 1.82) is 0 Å². The van der Waals surface area contributed by atoms with Gasteiger partial charge >= 0.3 is 5.69 Å². The molecule has 2 aromatic carbocycles. The number of nitro benzene ring substituents is 1. The van der Waals surface area contributed by atoms with E-state index in [0.29, 0.717) is 5.56 Å². The zero-order valence-corrected chi connectivity index (χ0v) is 12.9. The lowest BCUT2D eigenvalue weighted by atomic mass is 10.1. The molecule has 0 spiro atoms. The van der Waals surface area contributed by atoms with Gasteiger partial charge in [0.1, 0.15) is 0 Å². The summed E-state index contributed by atoms with van der Waals surface area (Å²) in [6.45, 7) is 1.59. The molecule has 0 saturated heterocycles. The molecule has 2 aromatic rings. The van der Waals surface area contributed by atoms with E-state index in [9.17, 15) is 23.7 Å². The number of halogens is 2. The molecule has 8 heteroatoms. The van der Waals surface area contributed by atoms with E-state index in [1.165, 1.54) is 25.3 Å². The molecule has 1 atom stereocenters. The maximum Gasteiger partial charge on any atom is 0.311 e. The standard InChI is InChI=1S/C16H14F2N2O4/c1-9(10-3-5-12(17)13(18)7-10)19-16(21)11-4-6-15(24-2)14(8-11)20(22)23/h3-9H,1-2H3,(H,19,21). The summed E-state index contributed by atoms with van der Waals surface area (Å²) >= 11 is 0. The highest BCUT2D eigenvalue weighted by Gasteiger charge is 2.19. The van der Waals surface area contributed by atoms with Crippen molar-refractivity contribution in [1.82, 2.24) is 5.32 Å². The van der Waals surface area contributed by atoms with Gasteiger partial charge in [0.25, 0.3) is 5.91 Å². The zero-order chi connectivity index (χ0) is 17.9. The first-order chi connectivity index (χ1) is 11.3. The monoisotopic (exact) mass is 336 g/mol. The number of nitro groups is 1. The quantitative estimate of drug-likeness (QED) is 0.670. The Hall–Kier alpha value is -3.03. The molecule has 0 fully saturated rings. The highest BCUT2D eigenvalue weighted by atomic mass is 19.2. The Labute approximate surface area is 136 Å². The largest absolute Gasteiger partial charge is 0.490 e. The van der Waals surface area contributed by atoms with E-state index in [-0.39, 0.29) is 17.0 Å². The van der Waals surface area contributed by atoms with Gasteiger partial charge in [0.2, 0.25) is 0 Å². The number of hydrogen-bond acceptors (Lipinski definition) is 4. The fourth-order valence-electron chi connectivity index (χ4n) is 2.12. The summed E-state index contributed by atoms with van der Waals surface area (Å²) in [7, 11) is 1.28. The van der Waals surface area contributed by atoms with Crippen LogP contribution in [-0.2, 0) is 0 Å². The number of carbonyl (C=O) groups excluding carboxylic acids is 1. The van der Waals surface area contributed by atoms with Crippen LogP contribution < -0.4 is 10.1 Å². The molecule has 24 heavy (non-hydrogen) atoms. The average Bonchev–Trinajstić information content (AvgIpc) is 2.56.